The molecule has 1 aromatic rings. The van der Waals surface area contributed by atoms with Crippen molar-refractivity contribution < 1.29 is 14.4 Å². The van der Waals surface area contributed by atoms with Crippen molar-refractivity contribution in [3.63, 3.8) is 0 Å². The molecule has 1 saturated heterocycles. The van der Waals surface area contributed by atoms with Crippen molar-refractivity contribution in [3.05, 3.63) is 29.3 Å². The van der Waals surface area contributed by atoms with E-state index in [0.29, 0.717) is 23.6 Å². The Morgan fingerprint density at radius 3 is 2.43 bits per heavy atom. The van der Waals surface area contributed by atoms with Crippen molar-refractivity contribution in [1.29, 1.82) is 0 Å². The average Bonchev–Trinajstić information content (AvgIpc) is 2.50. The van der Waals surface area contributed by atoms with Gasteiger partial charge in [0.1, 0.15) is 0 Å². The number of anilines is 1. The Hall–Kier alpha value is -1.92. The Bertz CT molecular complexity index is 556. The highest BCUT2D eigenvalue weighted by Crippen LogP contribution is 2.20. The van der Waals surface area contributed by atoms with Gasteiger partial charge in [-0.05, 0) is 38.1 Å². The fourth-order valence-electron chi connectivity index (χ4n) is 2.10. The molecule has 0 saturated carbocycles. The van der Waals surface area contributed by atoms with Crippen molar-refractivity contribution in [2.24, 2.45) is 5.92 Å². The van der Waals surface area contributed by atoms with Crippen LogP contribution in [0.5, 0.6) is 0 Å². The van der Waals surface area contributed by atoms with Crippen LogP contribution in [0.1, 0.15) is 12.8 Å². The van der Waals surface area contributed by atoms with Gasteiger partial charge in [-0.15, -0.1) is 0 Å². The first-order chi connectivity index (χ1) is 10.1. The van der Waals surface area contributed by atoms with E-state index in [0.717, 1.165) is 13.1 Å². The molecule has 0 bridgehead atoms. The number of imide groups is 1. The van der Waals surface area contributed by atoms with E-state index in [1.807, 2.05) is 0 Å². The summed E-state index contributed by atoms with van der Waals surface area (Å²) in [6, 6.07) is 6.55. The van der Waals surface area contributed by atoms with Crippen molar-refractivity contribution in [2.75, 3.05) is 18.4 Å². The van der Waals surface area contributed by atoms with Crippen LogP contribution in [0.3, 0.4) is 0 Å². The normalized spacial score (nSPS) is 15.3. The molecule has 1 aromatic carbocycles. The molecule has 2 rings (SSSR count). The molecular formula is C14H16ClN3O3. The van der Waals surface area contributed by atoms with Crippen LogP contribution in [0.15, 0.2) is 24.3 Å². The van der Waals surface area contributed by atoms with Crippen LogP contribution in [0.2, 0.25) is 5.02 Å². The molecule has 0 radical (unpaired) electrons. The molecule has 0 unspecified atom stereocenters. The number of carbonyl (C=O) groups is 3. The van der Waals surface area contributed by atoms with Crippen LogP contribution in [0, 0.1) is 5.92 Å². The molecule has 1 fully saturated rings. The quantitative estimate of drug-likeness (QED) is 0.709. The maximum Gasteiger partial charge on any atom is 0.316 e. The number of para-hydroxylation sites is 1. The Morgan fingerprint density at radius 2 is 1.76 bits per heavy atom. The fraction of sp³-hybridized carbons (Fsp3) is 0.357. The molecule has 1 aliphatic rings. The third kappa shape index (κ3) is 4.27. The minimum absolute atomic E-state index is 0.233. The highest BCUT2D eigenvalue weighted by molar-refractivity contribution is 6.43. The Kier molecular flexibility index (Phi) is 5.30. The van der Waals surface area contributed by atoms with Crippen molar-refractivity contribution in [3.8, 4) is 0 Å². The number of piperidine rings is 1. The van der Waals surface area contributed by atoms with Gasteiger partial charge >= 0.3 is 11.8 Å². The van der Waals surface area contributed by atoms with Crippen LogP contribution < -0.4 is 16.0 Å². The summed E-state index contributed by atoms with van der Waals surface area (Å²) in [7, 11) is 0. The van der Waals surface area contributed by atoms with Crippen molar-refractivity contribution in [2.45, 2.75) is 12.8 Å². The molecule has 0 spiro atoms. The van der Waals surface area contributed by atoms with Gasteiger partial charge in [-0.1, -0.05) is 23.7 Å². The largest absolute Gasteiger partial charge is 0.317 e. The topological polar surface area (TPSA) is 87.3 Å². The third-order valence-electron chi connectivity index (χ3n) is 3.27. The summed E-state index contributed by atoms with van der Waals surface area (Å²) >= 11 is 5.88. The Morgan fingerprint density at radius 1 is 1.10 bits per heavy atom. The standard InChI is InChI=1S/C14H16ClN3O3/c15-10-3-1-2-4-11(10)17-13(20)14(21)18-12(19)9-5-7-16-8-6-9/h1-4,9,16H,5-8H2,(H,17,20)(H,18,19,21). The van der Waals surface area contributed by atoms with E-state index >= 15 is 0 Å². The van der Waals surface area contributed by atoms with Crippen LogP contribution in [0.4, 0.5) is 5.69 Å². The van der Waals surface area contributed by atoms with E-state index in [4.69, 9.17) is 11.6 Å². The zero-order valence-corrected chi connectivity index (χ0v) is 12.1. The van der Waals surface area contributed by atoms with Gasteiger partial charge in [0, 0.05) is 5.92 Å². The molecule has 0 aromatic heterocycles. The molecule has 3 N–H and O–H groups in total. The smallest absolute Gasteiger partial charge is 0.316 e. The SMILES string of the molecule is O=C(NC(=O)C1CCNCC1)C(=O)Nc1ccccc1Cl. The summed E-state index contributed by atoms with van der Waals surface area (Å²) in [5.41, 5.74) is 0.327. The lowest BCUT2D eigenvalue weighted by Crippen LogP contribution is -2.44. The summed E-state index contributed by atoms with van der Waals surface area (Å²) in [5, 5.41) is 7.95. The monoisotopic (exact) mass is 309 g/mol. The Labute approximate surface area is 127 Å². The summed E-state index contributed by atoms with van der Waals surface area (Å²) in [4.78, 5) is 35.3. The summed E-state index contributed by atoms with van der Waals surface area (Å²) < 4.78 is 0. The molecule has 3 amide bonds. The fourth-order valence-corrected chi connectivity index (χ4v) is 2.28. The minimum Gasteiger partial charge on any atom is -0.317 e. The second-order valence-corrected chi connectivity index (χ2v) is 5.18. The first-order valence-corrected chi connectivity index (χ1v) is 7.07. The molecule has 21 heavy (non-hydrogen) atoms. The van der Waals surface area contributed by atoms with E-state index < -0.39 is 17.7 Å². The number of carbonyl (C=O) groups excluding carboxylic acids is 3. The van der Waals surface area contributed by atoms with Crippen LogP contribution in [0.25, 0.3) is 0 Å². The summed E-state index contributed by atoms with van der Waals surface area (Å²) in [5.74, 6) is -2.53. The molecular weight excluding hydrogens is 294 g/mol. The lowest BCUT2D eigenvalue weighted by Gasteiger charge is -2.21. The molecule has 0 aliphatic carbocycles. The number of benzene rings is 1. The maximum absolute atomic E-state index is 11.9. The van der Waals surface area contributed by atoms with Gasteiger partial charge in [-0.25, -0.2) is 0 Å². The first-order valence-electron chi connectivity index (χ1n) is 6.69. The number of halogens is 1. The van der Waals surface area contributed by atoms with Crippen molar-refractivity contribution >= 4 is 35.0 Å². The maximum atomic E-state index is 11.9. The number of hydrogen-bond donors (Lipinski definition) is 3. The number of amides is 3. The van der Waals surface area contributed by atoms with Gasteiger partial charge in [-0.2, -0.15) is 0 Å². The highest BCUT2D eigenvalue weighted by atomic mass is 35.5. The predicted octanol–water partition coefficient (Wildman–Crippen LogP) is 0.921. The second-order valence-electron chi connectivity index (χ2n) is 4.78. The van der Waals surface area contributed by atoms with E-state index in [1.54, 1.807) is 24.3 Å². The van der Waals surface area contributed by atoms with E-state index in [2.05, 4.69) is 16.0 Å². The van der Waals surface area contributed by atoms with E-state index in [9.17, 15) is 14.4 Å². The van der Waals surface area contributed by atoms with E-state index in [1.165, 1.54) is 0 Å². The number of nitrogens with one attached hydrogen (secondary N) is 3. The lowest BCUT2D eigenvalue weighted by molar-refractivity contribution is -0.141. The molecule has 0 atom stereocenters. The lowest BCUT2D eigenvalue weighted by atomic mass is 9.97. The molecule has 6 nitrogen and oxygen atoms in total. The molecule has 7 heteroatoms. The zero-order valence-electron chi connectivity index (χ0n) is 11.3. The third-order valence-corrected chi connectivity index (χ3v) is 3.60. The predicted molar refractivity (Wildman–Crippen MR) is 78.8 cm³/mol. The summed E-state index contributed by atoms with van der Waals surface area (Å²) in [6.07, 6.45) is 1.32. The van der Waals surface area contributed by atoms with Gasteiger partial charge < -0.3 is 10.6 Å². The zero-order chi connectivity index (χ0) is 15.2. The van der Waals surface area contributed by atoms with Gasteiger partial charge in [0.2, 0.25) is 5.91 Å². The second kappa shape index (κ2) is 7.19. The van der Waals surface area contributed by atoms with Gasteiger partial charge in [0.05, 0.1) is 10.7 Å². The molecule has 112 valence electrons. The van der Waals surface area contributed by atoms with Gasteiger partial charge in [0.25, 0.3) is 0 Å². The minimum atomic E-state index is -0.974. The van der Waals surface area contributed by atoms with Crippen LogP contribution in [-0.2, 0) is 14.4 Å². The van der Waals surface area contributed by atoms with Gasteiger partial charge in [0.15, 0.2) is 0 Å². The number of hydrogen-bond acceptors (Lipinski definition) is 4. The van der Waals surface area contributed by atoms with Gasteiger partial charge in [-0.3, -0.25) is 19.7 Å². The summed E-state index contributed by atoms with van der Waals surface area (Å²) in [6.45, 7) is 1.47. The molecule has 1 heterocycles. The van der Waals surface area contributed by atoms with Crippen LogP contribution in [-0.4, -0.2) is 30.8 Å². The van der Waals surface area contributed by atoms with E-state index in [-0.39, 0.29) is 5.92 Å². The first kappa shape index (κ1) is 15.5. The van der Waals surface area contributed by atoms with Crippen LogP contribution >= 0.6 is 11.6 Å². The average molecular weight is 310 g/mol. The number of rotatable bonds is 2. The molecule has 1 aliphatic heterocycles. The Balaban J connectivity index is 1.89. The highest BCUT2D eigenvalue weighted by Gasteiger charge is 2.25. The van der Waals surface area contributed by atoms with Crippen molar-refractivity contribution in [1.82, 2.24) is 10.6 Å².